The maximum Gasteiger partial charge on any atom is 0.237 e. The second kappa shape index (κ2) is 9.01. The number of benzene rings is 1. The summed E-state index contributed by atoms with van der Waals surface area (Å²) in [6, 6.07) is 10.1. The number of carbonyl (C=O) groups excluding carboxylic acids is 1. The van der Waals surface area contributed by atoms with Crippen molar-refractivity contribution in [2.24, 2.45) is 17.6 Å². The molecule has 1 heterocycles. The van der Waals surface area contributed by atoms with E-state index in [0.717, 1.165) is 32.5 Å². The molecular formula is C17H28ClN3O. The van der Waals surface area contributed by atoms with Crippen molar-refractivity contribution in [2.45, 2.75) is 32.7 Å². The summed E-state index contributed by atoms with van der Waals surface area (Å²) in [5.41, 5.74) is 7.22. The fourth-order valence-corrected chi connectivity index (χ4v) is 2.75. The lowest BCUT2D eigenvalue weighted by atomic mass is 9.99. The van der Waals surface area contributed by atoms with Crippen LogP contribution in [-0.4, -0.2) is 31.6 Å². The number of amides is 1. The first-order valence-electron chi connectivity index (χ1n) is 7.95. The SMILES string of the molecule is CCC(C)C(N)C(=O)NCC1CCN(c2ccccc2)C1.Cl. The summed E-state index contributed by atoms with van der Waals surface area (Å²) in [5, 5.41) is 3.02. The van der Waals surface area contributed by atoms with Crippen molar-refractivity contribution in [1.82, 2.24) is 5.32 Å². The summed E-state index contributed by atoms with van der Waals surface area (Å²) in [6.45, 7) is 6.88. The number of nitrogens with two attached hydrogens (primary N) is 1. The van der Waals surface area contributed by atoms with E-state index in [4.69, 9.17) is 5.73 Å². The number of nitrogens with zero attached hydrogens (tertiary/aromatic N) is 1. The van der Waals surface area contributed by atoms with Crippen LogP contribution in [0.5, 0.6) is 0 Å². The molecule has 3 unspecified atom stereocenters. The molecular weight excluding hydrogens is 298 g/mol. The minimum atomic E-state index is -0.387. The molecule has 3 atom stereocenters. The van der Waals surface area contributed by atoms with Gasteiger partial charge in [-0.05, 0) is 30.4 Å². The van der Waals surface area contributed by atoms with Crippen LogP contribution in [0.2, 0.25) is 0 Å². The van der Waals surface area contributed by atoms with Gasteiger partial charge in [-0.2, -0.15) is 0 Å². The highest BCUT2D eigenvalue weighted by Gasteiger charge is 2.25. The number of nitrogens with one attached hydrogen (secondary N) is 1. The van der Waals surface area contributed by atoms with Crippen LogP contribution in [-0.2, 0) is 4.79 Å². The van der Waals surface area contributed by atoms with Crippen molar-refractivity contribution < 1.29 is 4.79 Å². The highest BCUT2D eigenvalue weighted by atomic mass is 35.5. The van der Waals surface area contributed by atoms with Gasteiger partial charge in [0.1, 0.15) is 0 Å². The summed E-state index contributed by atoms with van der Waals surface area (Å²) in [4.78, 5) is 14.4. The Morgan fingerprint density at radius 1 is 1.41 bits per heavy atom. The lowest BCUT2D eigenvalue weighted by Gasteiger charge is -2.20. The summed E-state index contributed by atoms with van der Waals surface area (Å²) in [5.74, 6) is 0.732. The Balaban J connectivity index is 0.00000242. The Hall–Kier alpha value is -1.26. The lowest BCUT2D eigenvalue weighted by molar-refractivity contribution is -0.123. The Morgan fingerprint density at radius 3 is 2.73 bits per heavy atom. The second-order valence-electron chi connectivity index (χ2n) is 6.09. The van der Waals surface area contributed by atoms with Crippen LogP contribution < -0.4 is 16.0 Å². The largest absolute Gasteiger partial charge is 0.371 e. The van der Waals surface area contributed by atoms with Crippen molar-refractivity contribution in [1.29, 1.82) is 0 Å². The first-order chi connectivity index (χ1) is 10.1. The van der Waals surface area contributed by atoms with Gasteiger partial charge in [-0.3, -0.25) is 4.79 Å². The van der Waals surface area contributed by atoms with E-state index >= 15 is 0 Å². The van der Waals surface area contributed by atoms with Gasteiger partial charge in [-0.25, -0.2) is 0 Å². The van der Waals surface area contributed by atoms with Gasteiger partial charge in [-0.1, -0.05) is 38.5 Å². The molecule has 5 heteroatoms. The van der Waals surface area contributed by atoms with E-state index in [1.165, 1.54) is 5.69 Å². The predicted octanol–water partition coefficient (Wildman–Crippen LogP) is 2.42. The standard InChI is InChI=1S/C17H27N3O.ClH/c1-3-13(2)16(18)17(21)19-11-14-9-10-20(12-14)15-7-5-4-6-8-15;/h4-8,13-14,16H,3,9-12,18H2,1-2H3,(H,19,21);1H. The summed E-state index contributed by atoms with van der Waals surface area (Å²) in [6.07, 6.45) is 2.05. The third kappa shape index (κ3) is 4.89. The van der Waals surface area contributed by atoms with Gasteiger partial charge in [0.05, 0.1) is 6.04 Å². The van der Waals surface area contributed by atoms with E-state index in [0.29, 0.717) is 5.92 Å². The fraction of sp³-hybridized carbons (Fsp3) is 0.588. The molecule has 22 heavy (non-hydrogen) atoms. The molecule has 0 aliphatic carbocycles. The molecule has 124 valence electrons. The van der Waals surface area contributed by atoms with Crippen LogP contribution in [0.25, 0.3) is 0 Å². The van der Waals surface area contributed by atoms with Gasteiger partial charge in [-0.15, -0.1) is 12.4 Å². The van der Waals surface area contributed by atoms with E-state index < -0.39 is 0 Å². The maximum absolute atomic E-state index is 12.0. The molecule has 1 aromatic carbocycles. The summed E-state index contributed by atoms with van der Waals surface area (Å²) >= 11 is 0. The number of rotatable bonds is 6. The van der Waals surface area contributed by atoms with Gasteiger partial charge < -0.3 is 16.0 Å². The maximum atomic E-state index is 12.0. The Labute approximate surface area is 139 Å². The van der Waals surface area contributed by atoms with Gasteiger partial charge in [0.2, 0.25) is 5.91 Å². The van der Waals surface area contributed by atoms with Crippen LogP contribution in [0.15, 0.2) is 30.3 Å². The minimum Gasteiger partial charge on any atom is -0.371 e. The number of carbonyl (C=O) groups is 1. The second-order valence-corrected chi connectivity index (χ2v) is 6.09. The Morgan fingerprint density at radius 2 is 2.09 bits per heavy atom. The van der Waals surface area contributed by atoms with Crippen LogP contribution in [0.4, 0.5) is 5.69 Å². The molecule has 1 aromatic rings. The predicted molar refractivity (Wildman–Crippen MR) is 94.5 cm³/mol. The zero-order valence-electron chi connectivity index (χ0n) is 13.5. The fourth-order valence-electron chi connectivity index (χ4n) is 2.75. The number of halogens is 1. The van der Waals surface area contributed by atoms with Gasteiger partial charge in [0.25, 0.3) is 0 Å². The molecule has 1 aliphatic rings. The average Bonchev–Trinajstić information content (AvgIpc) is 3.01. The van der Waals surface area contributed by atoms with Crippen LogP contribution in [0.3, 0.4) is 0 Å². The lowest BCUT2D eigenvalue weighted by Crippen LogP contribution is -2.46. The number of hydrogen-bond donors (Lipinski definition) is 2. The smallest absolute Gasteiger partial charge is 0.237 e. The summed E-state index contributed by atoms with van der Waals surface area (Å²) < 4.78 is 0. The van der Waals surface area contributed by atoms with Crippen molar-refractivity contribution in [3.8, 4) is 0 Å². The molecule has 0 bridgehead atoms. The topological polar surface area (TPSA) is 58.4 Å². The number of para-hydroxylation sites is 1. The zero-order chi connectivity index (χ0) is 15.2. The van der Waals surface area contributed by atoms with Crippen LogP contribution >= 0.6 is 12.4 Å². The van der Waals surface area contributed by atoms with Gasteiger partial charge in [0, 0.05) is 25.3 Å². The highest BCUT2D eigenvalue weighted by Crippen LogP contribution is 2.22. The number of anilines is 1. The Kier molecular flexibility index (Phi) is 7.69. The number of hydrogen-bond acceptors (Lipinski definition) is 3. The molecule has 0 aromatic heterocycles. The normalized spacial score (nSPS) is 20.1. The van der Waals surface area contributed by atoms with E-state index in [2.05, 4.69) is 41.4 Å². The van der Waals surface area contributed by atoms with E-state index in [-0.39, 0.29) is 30.3 Å². The van der Waals surface area contributed by atoms with Crippen molar-refractivity contribution in [3.05, 3.63) is 30.3 Å². The van der Waals surface area contributed by atoms with Crippen molar-refractivity contribution >= 4 is 24.0 Å². The Bertz CT molecular complexity index is 454. The molecule has 1 amide bonds. The molecule has 0 radical (unpaired) electrons. The monoisotopic (exact) mass is 325 g/mol. The molecule has 0 spiro atoms. The highest BCUT2D eigenvalue weighted by molar-refractivity contribution is 5.85. The quantitative estimate of drug-likeness (QED) is 0.844. The molecule has 4 nitrogen and oxygen atoms in total. The molecule has 1 saturated heterocycles. The molecule has 0 saturated carbocycles. The molecule has 2 rings (SSSR count). The molecule has 1 aliphatic heterocycles. The third-order valence-electron chi connectivity index (χ3n) is 4.53. The third-order valence-corrected chi connectivity index (χ3v) is 4.53. The zero-order valence-corrected chi connectivity index (χ0v) is 14.3. The summed E-state index contributed by atoms with van der Waals surface area (Å²) in [7, 11) is 0. The van der Waals surface area contributed by atoms with Crippen LogP contribution in [0.1, 0.15) is 26.7 Å². The van der Waals surface area contributed by atoms with E-state index in [1.807, 2.05) is 13.0 Å². The first-order valence-corrected chi connectivity index (χ1v) is 7.95. The molecule has 1 fully saturated rings. The first kappa shape index (κ1) is 18.8. The molecule has 3 N–H and O–H groups in total. The minimum absolute atomic E-state index is 0. The van der Waals surface area contributed by atoms with Gasteiger partial charge >= 0.3 is 0 Å². The average molecular weight is 326 g/mol. The van der Waals surface area contributed by atoms with Crippen LogP contribution in [0, 0.1) is 11.8 Å². The van der Waals surface area contributed by atoms with Gasteiger partial charge in [0.15, 0.2) is 0 Å². The van der Waals surface area contributed by atoms with Crippen molar-refractivity contribution in [2.75, 3.05) is 24.5 Å². The van der Waals surface area contributed by atoms with E-state index in [9.17, 15) is 4.79 Å². The van der Waals surface area contributed by atoms with E-state index in [1.54, 1.807) is 0 Å². The van der Waals surface area contributed by atoms with Crippen molar-refractivity contribution in [3.63, 3.8) is 0 Å².